The van der Waals surface area contributed by atoms with Crippen molar-refractivity contribution in [3.63, 3.8) is 0 Å². The van der Waals surface area contributed by atoms with Crippen LogP contribution in [-0.2, 0) is 14.2 Å². The Hall–Kier alpha value is -0.380. The predicted octanol–water partition coefficient (Wildman–Crippen LogP) is 4.07. The molecule has 1 fully saturated rings. The maximum absolute atomic E-state index is 5.69. The van der Waals surface area contributed by atoms with E-state index in [1.54, 1.807) is 0 Å². The first-order valence-corrected chi connectivity index (χ1v) is 7.73. The molecule has 0 aromatic carbocycles. The Bertz CT molecular complexity index is 228. The van der Waals surface area contributed by atoms with Gasteiger partial charge in [-0.05, 0) is 46.0 Å². The lowest BCUT2D eigenvalue weighted by Crippen LogP contribution is -2.22. The van der Waals surface area contributed by atoms with E-state index in [0.29, 0.717) is 0 Å². The largest absolute Gasteiger partial charge is 0.377 e. The van der Waals surface area contributed by atoms with Gasteiger partial charge in [0.2, 0.25) is 0 Å². The summed E-state index contributed by atoms with van der Waals surface area (Å²) in [6.07, 6.45) is 10.4. The van der Waals surface area contributed by atoms with Gasteiger partial charge >= 0.3 is 0 Å². The highest BCUT2D eigenvalue weighted by atomic mass is 16.7. The van der Waals surface area contributed by atoms with Gasteiger partial charge in [-0.25, -0.2) is 0 Å². The van der Waals surface area contributed by atoms with E-state index in [4.69, 9.17) is 14.2 Å². The third kappa shape index (κ3) is 10.1. The summed E-state index contributed by atoms with van der Waals surface area (Å²) in [7, 11) is 0. The van der Waals surface area contributed by atoms with E-state index in [-0.39, 0.29) is 6.29 Å². The molecule has 1 atom stereocenters. The first-order valence-electron chi connectivity index (χ1n) is 7.73. The molecule has 0 aliphatic carbocycles. The fourth-order valence-corrected chi connectivity index (χ4v) is 2.03. The molecular formula is C16H30O3. The zero-order chi connectivity index (χ0) is 13.8. The third-order valence-electron chi connectivity index (χ3n) is 3.23. The van der Waals surface area contributed by atoms with Crippen molar-refractivity contribution in [2.45, 2.75) is 65.1 Å². The van der Waals surface area contributed by atoms with E-state index >= 15 is 0 Å². The van der Waals surface area contributed by atoms with E-state index in [1.165, 1.54) is 31.3 Å². The molecule has 1 saturated heterocycles. The van der Waals surface area contributed by atoms with E-state index in [1.807, 2.05) is 0 Å². The number of hydrogen-bond acceptors (Lipinski definition) is 3. The van der Waals surface area contributed by atoms with Crippen LogP contribution in [-0.4, -0.2) is 32.7 Å². The molecule has 0 amide bonds. The fraction of sp³-hybridized carbons (Fsp3) is 0.875. The number of hydrogen-bond donors (Lipinski definition) is 0. The van der Waals surface area contributed by atoms with Gasteiger partial charge in [0.05, 0.1) is 6.61 Å². The van der Waals surface area contributed by atoms with E-state index in [0.717, 1.165) is 45.7 Å². The Morgan fingerprint density at radius 2 is 1.89 bits per heavy atom. The molecule has 3 nitrogen and oxygen atoms in total. The van der Waals surface area contributed by atoms with Gasteiger partial charge in [-0.1, -0.05) is 24.5 Å². The summed E-state index contributed by atoms with van der Waals surface area (Å²) in [6.45, 7) is 7.52. The summed E-state index contributed by atoms with van der Waals surface area (Å²) in [5.41, 5.74) is 1.32. The quantitative estimate of drug-likeness (QED) is 0.442. The minimum atomic E-state index is 0.0705. The van der Waals surface area contributed by atoms with Crippen molar-refractivity contribution in [2.24, 2.45) is 0 Å². The second-order valence-electron chi connectivity index (χ2n) is 5.44. The molecule has 1 unspecified atom stereocenters. The molecule has 3 heteroatoms. The Labute approximate surface area is 118 Å². The van der Waals surface area contributed by atoms with Crippen LogP contribution in [0.25, 0.3) is 0 Å². The summed E-state index contributed by atoms with van der Waals surface area (Å²) < 4.78 is 16.7. The Morgan fingerprint density at radius 1 is 1.11 bits per heavy atom. The highest BCUT2D eigenvalue weighted by Gasteiger charge is 2.13. The van der Waals surface area contributed by atoms with Gasteiger partial charge < -0.3 is 14.2 Å². The van der Waals surface area contributed by atoms with E-state index in [2.05, 4.69) is 19.9 Å². The SMILES string of the molecule is CC(C)=CCOCCCCCCOC1CCCCO1. The fourth-order valence-electron chi connectivity index (χ4n) is 2.03. The molecule has 0 N–H and O–H groups in total. The minimum Gasteiger partial charge on any atom is -0.377 e. The van der Waals surface area contributed by atoms with E-state index < -0.39 is 0 Å². The average molecular weight is 270 g/mol. The van der Waals surface area contributed by atoms with Gasteiger partial charge in [-0.15, -0.1) is 0 Å². The number of rotatable bonds is 10. The average Bonchev–Trinajstić information content (AvgIpc) is 2.42. The lowest BCUT2D eigenvalue weighted by Gasteiger charge is -2.22. The van der Waals surface area contributed by atoms with Gasteiger partial charge in [-0.3, -0.25) is 0 Å². The van der Waals surface area contributed by atoms with Gasteiger partial charge in [0.15, 0.2) is 6.29 Å². The maximum atomic E-state index is 5.69. The molecule has 1 aliphatic heterocycles. The Morgan fingerprint density at radius 3 is 2.58 bits per heavy atom. The lowest BCUT2D eigenvalue weighted by molar-refractivity contribution is -0.162. The van der Waals surface area contributed by atoms with Crippen molar-refractivity contribution in [2.75, 3.05) is 26.4 Å². The maximum Gasteiger partial charge on any atom is 0.157 e. The van der Waals surface area contributed by atoms with Crippen molar-refractivity contribution in [3.05, 3.63) is 11.6 Å². The van der Waals surface area contributed by atoms with Crippen LogP contribution >= 0.6 is 0 Å². The highest BCUT2D eigenvalue weighted by molar-refractivity contribution is 4.92. The highest BCUT2D eigenvalue weighted by Crippen LogP contribution is 2.14. The third-order valence-corrected chi connectivity index (χ3v) is 3.23. The minimum absolute atomic E-state index is 0.0705. The molecule has 1 aliphatic rings. The van der Waals surface area contributed by atoms with Crippen LogP contribution in [0, 0.1) is 0 Å². The van der Waals surface area contributed by atoms with Gasteiger partial charge in [0, 0.05) is 19.8 Å². The van der Waals surface area contributed by atoms with Crippen molar-refractivity contribution in [1.29, 1.82) is 0 Å². The molecule has 19 heavy (non-hydrogen) atoms. The number of unbranched alkanes of at least 4 members (excludes halogenated alkanes) is 3. The van der Waals surface area contributed by atoms with Crippen LogP contribution in [0.4, 0.5) is 0 Å². The van der Waals surface area contributed by atoms with Crippen LogP contribution < -0.4 is 0 Å². The number of ether oxygens (including phenoxy) is 3. The molecule has 1 rings (SSSR count). The monoisotopic (exact) mass is 270 g/mol. The number of allylic oxidation sites excluding steroid dienone is 1. The van der Waals surface area contributed by atoms with Crippen molar-refractivity contribution >= 4 is 0 Å². The Balaban J connectivity index is 1.77. The van der Waals surface area contributed by atoms with Crippen LogP contribution in [0.1, 0.15) is 58.8 Å². The summed E-state index contributed by atoms with van der Waals surface area (Å²) in [6, 6.07) is 0. The molecule has 0 saturated carbocycles. The van der Waals surface area contributed by atoms with Gasteiger partial charge in [-0.2, -0.15) is 0 Å². The van der Waals surface area contributed by atoms with Crippen molar-refractivity contribution in [3.8, 4) is 0 Å². The standard InChI is InChI=1S/C16H30O3/c1-15(2)10-14-17-11-6-3-4-7-12-18-16-9-5-8-13-19-16/h10,16H,3-9,11-14H2,1-2H3. The zero-order valence-electron chi connectivity index (χ0n) is 12.7. The van der Waals surface area contributed by atoms with Crippen LogP contribution in [0.5, 0.6) is 0 Å². The van der Waals surface area contributed by atoms with Crippen LogP contribution in [0.2, 0.25) is 0 Å². The summed E-state index contributed by atoms with van der Waals surface area (Å²) >= 11 is 0. The lowest BCUT2D eigenvalue weighted by atomic mass is 10.2. The normalized spacial score (nSPS) is 19.4. The molecule has 0 bridgehead atoms. The molecule has 112 valence electrons. The smallest absolute Gasteiger partial charge is 0.157 e. The molecule has 0 spiro atoms. The summed E-state index contributed by atoms with van der Waals surface area (Å²) in [5, 5.41) is 0. The zero-order valence-corrected chi connectivity index (χ0v) is 12.7. The predicted molar refractivity (Wildman–Crippen MR) is 78.3 cm³/mol. The van der Waals surface area contributed by atoms with Gasteiger partial charge in [0.1, 0.15) is 0 Å². The Kier molecular flexibility index (Phi) is 10.0. The van der Waals surface area contributed by atoms with E-state index in [9.17, 15) is 0 Å². The molecule has 0 radical (unpaired) electrons. The molecular weight excluding hydrogens is 240 g/mol. The van der Waals surface area contributed by atoms with Crippen molar-refractivity contribution < 1.29 is 14.2 Å². The second kappa shape index (κ2) is 11.4. The van der Waals surface area contributed by atoms with Crippen LogP contribution in [0.3, 0.4) is 0 Å². The molecule has 1 heterocycles. The molecule has 0 aromatic rings. The molecule has 0 aromatic heterocycles. The second-order valence-corrected chi connectivity index (χ2v) is 5.44. The van der Waals surface area contributed by atoms with Gasteiger partial charge in [0.25, 0.3) is 0 Å². The van der Waals surface area contributed by atoms with Crippen molar-refractivity contribution in [1.82, 2.24) is 0 Å². The summed E-state index contributed by atoms with van der Waals surface area (Å²) in [4.78, 5) is 0. The van der Waals surface area contributed by atoms with Crippen LogP contribution in [0.15, 0.2) is 11.6 Å². The first kappa shape index (κ1) is 16.7. The first-order chi connectivity index (χ1) is 9.29. The topological polar surface area (TPSA) is 27.7 Å². The summed E-state index contributed by atoms with van der Waals surface area (Å²) in [5.74, 6) is 0.